The van der Waals surface area contributed by atoms with Gasteiger partial charge in [0.2, 0.25) is 0 Å². The first-order valence-corrected chi connectivity index (χ1v) is 3.51. The molecule has 0 saturated heterocycles. The van der Waals surface area contributed by atoms with Crippen molar-refractivity contribution in [3.8, 4) is 0 Å². The molecule has 1 heterocycles. The standard InChI is InChI=1S/C8H7N3O/c12-10-4-6-1-2-7-5-9-11-8(7)3-6/h1-5,12H,(H,9,11). The average Bonchev–Trinajstić information content (AvgIpc) is 2.51. The molecule has 0 aliphatic heterocycles. The molecule has 2 rings (SSSR count). The van der Waals surface area contributed by atoms with Crippen molar-refractivity contribution < 1.29 is 5.21 Å². The zero-order valence-corrected chi connectivity index (χ0v) is 6.23. The molecule has 0 unspecified atom stereocenters. The van der Waals surface area contributed by atoms with Gasteiger partial charge in [-0.05, 0) is 11.6 Å². The van der Waals surface area contributed by atoms with E-state index in [0.717, 1.165) is 16.5 Å². The summed E-state index contributed by atoms with van der Waals surface area (Å²) >= 11 is 0. The van der Waals surface area contributed by atoms with Gasteiger partial charge < -0.3 is 5.21 Å². The van der Waals surface area contributed by atoms with E-state index in [-0.39, 0.29) is 0 Å². The van der Waals surface area contributed by atoms with Crippen LogP contribution in [0.1, 0.15) is 5.56 Å². The van der Waals surface area contributed by atoms with Crippen LogP contribution < -0.4 is 0 Å². The highest BCUT2D eigenvalue weighted by Crippen LogP contribution is 2.10. The van der Waals surface area contributed by atoms with E-state index in [0.29, 0.717) is 0 Å². The van der Waals surface area contributed by atoms with E-state index in [9.17, 15) is 0 Å². The molecule has 60 valence electrons. The smallest absolute Gasteiger partial charge is 0.0734 e. The van der Waals surface area contributed by atoms with Gasteiger partial charge in [-0.15, -0.1) is 0 Å². The van der Waals surface area contributed by atoms with Crippen molar-refractivity contribution in [3.05, 3.63) is 30.0 Å². The van der Waals surface area contributed by atoms with E-state index < -0.39 is 0 Å². The van der Waals surface area contributed by atoms with Gasteiger partial charge in [-0.2, -0.15) is 5.10 Å². The van der Waals surface area contributed by atoms with E-state index in [1.54, 1.807) is 6.20 Å². The maximum atomic E-state index is 8.29. The Bertz CT molecular complexity index is 419. The molecule has 0 bridgehead atoms. The summed E-state index contributed by atoms with van der Waals surface area (Å²) in [6.45, 7) is 0. The first-order chi connectivity index (χ1) is 5.90. The monoisotopic (exact) mass is 161 g/mol. The van der Waals surface area contributed by atoms with Gasteiger partial charge in [0.25, 0.3) is 0 Å². The van der Waals surface area contributed by atoms with Gasteiger partial charge in [-0.3, -0.25) is 5.10 Å². The predicted molar refractivity (Wildman–Crippen MR) is 45.5 cm³/mol. The normalized spacial score (nSPS) is 11.3. The lowest BCUT2D eigenvalue weighted by Crippen LogP contribution is -1.79. The Hall–Kier alpha value is -1.84. The highest BCUT2D eigenvalue weighted by molar-refractivity contribution is 5.87. The Balaban J connectivity index is 2.60. The van der Waals surface area contributed by atoms with E-state index in [4.69, 9.17) is 5.21 Å². The topological polar surface area (TPSA) is 61.3 Å². The maximum absolute atomic E-state index is 8.29. The molecule has 12 heavy (non-hydrogen) atoms. The van der Waals surface area contributed by atoms with E-state index >= 15 is 0 Å². The van der Waals surface area contributed by atoms with Gasteiger partial charge >= 0.3 is 0 Å². The summed E-state index contributed by atoms with van der Waals surface area (Å²) in [6, 6.07) is 5.63. The van der Waals surface area contributed by atoms with E-state index in [1.807, 2.05) is 18.2 Å². The van der Waals surface area contributed by atoms with Crippen LogP contribution in [-0.2, 0) is 0 Å². The molecule has 2 aromatic rings. The third-order valence-corrected chi connectivity index (χ3v) is 1.67. The highest BCUT2D eigenvalue weighted by atomic mass is 16.4. The van der Waals surface area contributed by atoms with Crippen LogP contribution in [0, 0.1) is 0 Å². The Morgan fingerprint density at radius 1 is 1.50 bits per heavy atom. The third kappa shape index (κ3) is 1.03. The molecule has 0 atom stereocenters. The molecule has 0 amide bonds. The number of nitrogens with one attached hydrogen (secondary N) is 1. The quantitative estimate of drug-likeness (QED) is 0.377. The summed E-state index contributed by atoms with van der Waals surface area (Å²) in [7, 11) is 0. The van der Waals surface area contributed by atoms with Gasteiger partial charge in [-0.1, -0.05) is 17.3 Å². The van der Waals surface area contributed by atoms with Gasteiger partial charge in [0, 0.05) is 5.39 Å². The molecular weight excluding hydrogens is 154 g/mol. The van der Waals surface area contributed by atoms with Gasteiger partial charge in [-0.25, -0.2) is 0 Å². The average molecular weight is 161 g/mol. The molecule has 2 N–H and O–H groups in total. The fourth-order valence-corrected chi connectivity index (χ4v) is 1.10. The lowest BCUT2D eigenvalue weighted by molar-refractivity contribution is 0.322. The van der Waals surface area contributed by atoms with Gasteiger partial charge in [0.1, 0.15) is 0 Å². The van der Waals surface area contributed by atoms with E-state index in [1.165, 1.54) is 6.21 Å². The number of nitrogens with zero attached hydrogens (tertiary/aromatic N) is 2. The van der Waals surface area contributed by atoms with Crippen LogP contribution >= 0.6 is 0 Å². The predicted octanol–water partition coefficient (Wildman–Crippen LogP) is 1.37. The second kappa shape index (κ2) is 2.65. The molecule has 0 radical (unpaired) electrons. The zero-order chi connectivity index (χ0) is 8.39. The number of hydrogen-bond acceptors (Lipinski definition) is 3. The van der Waals surface area contributed by atoms with Crippen LogP contribution in [0.3, 0.4) is 0 Å². The van der Waals surface area contributed by atoms with Crippen LogP contribution in [-0.4, -0.2) is 21.6 Å². The minimum absolute atomic E-state index is 0.842. The third-order valence-electron chi connectivity index (χ3n) is 1.67. The van der Waals surface area contributed by atoms with Crippen molar-refractivity contribution in [2.75, 3.05) is 0 Å². The Morgan fingerprint density at radius 3 is 3.25 bits per heavy atom. The summed E-state index contributed by atoms with van der Waals surface area (Å²) in [6.07, 6.45) is 3.12. The Kier molecular flexibility index (Phi) is 1.51. The van der Waals surface area contributed by atoms with Crippen LogP contribution in [0.2, 0.25) is 0 Å². The van der Waals surface area contributed by atoms with Gasteiger partial charge in [0.15, 0.2) is 0 Å². The van der Waals surface area contributed by atoms with Crippen molar-refractivity contribution >= 4 is 17.1 Å². The van der Waals surface area contributed by atoms with Crippen molar-refractivity contribution in [2.24, 2.45) is 5.16 Å². The van der Waals surface area contributed by atoms with Crippen LogP contribution in [0.4, 0.5) is 0 Å². The summed E-state index contributed by atoms with van der Waals surface area (Å²) < 4.78 is 0. The molecule has 0 aliphatic carbocycles. The molecule has 4 heteroatoms. The molecule has 0 saturated carbocycles. The second-order valence-electron chi connectivity index (χ2n) is 2.46. The molecule has 0 spiro atoms. The molecule has 0 fully saturated rings. The first-order valence-electron chi connectivity index (χ1n) is 3.51. The lowest BCUT2D eigenvalue weighted by atomic mass is 10.2. The zero-order valence-electron chi connectivity index (χ0n) is 6.23. The van der Waals surface area contributed by atoms with Crippen molar-refractivity contribution in [1.82, 2.24) is 10.2 Å². The molecule has 4 nitrogen and oxygen atoms in total. The molecule has 1 aromatic carbocycles. The highest BCUT2D eigenvalue weighted by Gasteiger charge is 1.94. The number of H-pyrrole nitrogens is 1. The number of oxime groups is 1. The lowest BCUT2D eigenvalue weighted by Gasteiger charge is -1.90. The largest absolute Gasteiger partial charge is 0.411 e. The summed E-state index contributed by atoms with van der Waals surface area (Å²) in [5, 5.41) is 19.0. The van der Waals surface area contributed by atoms with Crippen molar-refractivity contribution in [3.63, 3.8) is 0 Å². The minimum atomic E-state index is 0.842. The number of aromatic nitrogens is 2. The second-order valence-corrected chi connectivity index (χ2v) is 2.46. The number of benzene rings is 1. The van der Waals surface area contributed by atoms with E-state index in [2.05, 4.69) is 15.4 Å². The van der Waals surface area contributed by atoms with Crippen LogP contribution in [0.5, 0.6) is 0 Å². The summed E-state index contributed by atoms with van der Waals surface area (Å²) in [5.74, 6) is 0. The summed E-state index contributed by atoms with van der Waals surface area (Å²) in [5.41, 5.74) is 1.78. The maximum Gasteiger partial charge on any atom is 0.0734 e. The number of fused-ring (bicyclic) bond motifs is 1. The van der Waals surface area contributed by atoms with Crippen molar-refractivity contribution in [2.45, 2.75) is 0 Å². The summed E-state index contributed by atoms with van der Waals surface area (Å²) in [4.78, 5) is 0. The number of aromatic amines is 1. The van der Waals surface area contributed by atoms with Crippen LogP contribution in [0.25, 0.3) is 10.9 Å². The fraction of sp³-hybridized carbons (Fsp3) is 0. The fourth-order valence-electron chi connectivity index (χ4n) is 1.10. The van der Waals surface area contributed by atoms with Gasteiger partial charge in [0.05, 0.1) is 17.9 Å². The van der Waals surface area contributed by atoms with Crippen molar-refractivity contribution in [1.29, 1.82) is 0 Å². The molecule has 0 aliphatic rings. The minimum Gasteiger partial charge on any atom is -0.411 e. The van der Waals surface area contributed by atoms with Crippen LogP contribution in [0.15, 0.2) is 29.6 Å². The molecular formula is C8H7N3O. The molecule has 1 aromatic heterocycles. The number of rotatable bonds is 1. The SMILES string of the molecule is ON=Cc1ccc2cn[nH]c2c1. The Morgan fingerprint density at radius 2 is 2.42 bits per heavy atom. The first kappa shape index (κ1) is 6.84. The Labute approximate surface area is 68.5 Å². The number of hydrogen-bond donors (Lipinski definition) is 2.